The fourth-order valence-corrected chi connectivity index (χ4v) is 4.63. The third-order valence-corrected chi connectivity index (χ3v) is 6.41. The van der Waals surface area contributed by atoms with E-state index in [2.05, 4.69) is 15.2 Å². The van der Waals surface area contributed by atoms with Crippen molar-refractivity contribution < 1.29 is 19.0 Å². The average Bonchev–Trinajstić information content (AvgIpc) is 3.51. The van der Waals surface area contributed by atoms with Crippen LogP contribution in [0.2, 0.25) is 0 Å². The number of fused-ring (bicyclic) bond motifs is 2. The van der Waals surface area contributed by atoms with Gasteiger partial charge in [0.05, 0.1) is 13.4 Å². The monoisotopic (exact) mass is 479 g/mol. The van der Waals surface area contributed by atoms with Crippen LogP contribution in [-0.4, -0.2) is 58.5 Å². The van der Waals surface area contributed by atoms with E-state index in [1.165, 1.54) is 13.2 Å². The number of amides is 1. The molecule has 0 aliphatic carbocycles. The topological polar surface area (TPSA) is 99.8 Å². The van der Waals surface area contributed by atoms with Crippen molar-refractivity contribution in [1.82, 2.24) is 24.3 Å². The van der Waals surface area contributed by atoms with Gasteiger partial charge in [0.25, 0.3) is 11.5 Å². The van der Waals surface area contributed by atoms with Crippen molar-refractivity contribution in [2.24, 2.45) is 0 Å². The first-order valence-corrected chi connectivity index (χ1v) is 11.8. The second-order valence-electron chi connectivity index (χ2n) is 8.65. The summed E-state index contributed by atoms with van der Waals surface area (Å²) >= 11 is 0. The van der Waals surface area contributed by atoms with Crippen molar-refractivity contribution in [3.05, 3.63) is 70.2 Å². The Morgan fingerprint density at radius 1 is 1.17 bits per heavy atom. The van der Waals surface area contributed by atoms with Crippen molar-refractivity contribution in [1.29, 1.82) is 0 Å². The van der Waals surface area contributed by atoms with Gasteiger partial charge < -0.3 is 28.7 Å². The first-order chi connectivity index (χ1) is 17.1. The Morgan fingerprint density at radius 2 is 2.06 bits per heavy atom. The van der Waals surface area contributed by atoms with Gasteiger partial charge in [0.15, 0.2) is 11.5 Å². The lowest BCUT2D eigenvalue weighted by atomic mass is 10.1. The number of benzene rings is 1. The quantitative estimate of drug-likeness (QED) is 0.491. The zero-order chi connectivity index (χ0) is 24.2. The van der Waals surface area contributed by atoms with Crippen LogP contribution in [0.25, 0.3) is 0 Å². The van der Waals surface area contributed by atoms with Crippen molar-refractivity contribution in [2.75, 3.05) is 33.5 Å². The summed E-state index contributed by atoms with van der Waals surface area (Å²) in [4.78, 5) is 32.4. The minimum absolute atomic E-state index is 0.154. The number of nitrogens with zero attached hydrogens (tertiary/aromatic N) is 4. The van der Waals surface area contributed by atoms with E-state index in [9.17, 15) is 9.59 Å². The highest BCUT2D eigenvalue weighted by molar-refractivity contribution is 5.98. The number of aromatic nitrogens is 3. The van der Waals surface area contributed by atoms with Crippen molar-refractivity contribution >= 4 is 5.91 Å². The maximum atomic E-state index is 13.2. The molecular formula is C25H29N5O5. The molecule has 10 nitrogen and oxygen atoms in total. The third-order valence-electron chi connectivity index (χ3n) is 6.41. The highest BCUT2D eigenvalue weighted by Gasteiger charge is 2.25. The number of nitrogens with one attached hydrogen (secondary N) is 1. The zero-order valence-corrected chi connectivity index (χ0v) is 19.7. The number of carbonyl (C=O) groups excluding carboxylic acids is 1. The predicted octanol–water partition coefficient (Wildman–Crippen LogP) is 1.66. The van der Waals surface area contributed by atoms with Gasteiger partial charge in [-0.3, -0.25) is 14.5 Å². The lowest BCUT2D eigenvalue weighted by Gasteiger charge is -2.19. The number of imidazole rings is 1. The Morgan fingerprint density at radius 3 is 2.89 bits per heavy atom. The highest BCUT2D eigenvalue weighted by atomic mass is 16.7. The number of methoxy groups -OCH3 is 1. The van der Waals surface area contributed by atoms with Crippen LogP contribution >= 0.6 is 0 Å². The van der Waals surface area contributed by atoms with Gasteiger partial charge in [0, 0.05) is 69.8 Å². The molecular weight excluding hydrogens is 450 g/mol. The number of pyridine rings is 1. The molecule has 4 heterocycles. The number of aryl methyl sites for hydroxylation is 1. The molecule has 3 aromatic rings. The molecule has 184 valence electrons. The molecule has 0 unspecified atom stereocenters. The van der Waals surface area contributed by atoms with E-state index < -0.39 is 0 Å². The summed E-state index contributed by atoms with van der Waals surface area (Å²) in [6, 6.07) is 7.37. The normalized spacial score (nSPS) is 14.9. The van der Waals surface area contributed by atoms with Gasteiger partial charge >= 0.3 is 0 Å². The Kier molecular flexibility index (Phi) is 6.71. The fourth-order valence-electron chi connectivity index (χ4n) is 4.63. The molecule has 0 spiro atoms. The molecule has 1 aromatic carbocycles. The van der Waals surface area contributed by atoms with Crippen LogP contribution in [-0.2, 0) is 26.1 Å². The molecule has 0 fully saturated rings. The molecule has 35 heavy (non-hydrogen) atoms. The van der Waals surface area contributed by atoms with Crippen LogP contribution in [0.3, 0.4) is 0 Å². The molecule has 1 amide bonds. The number of ether oxygens (including phenoxy) is 3. The Labute approximate surface area is 203 Å². The molecule has 1 N–H and O–H groups in total. The molecule has 2 aliphatic rings. The lowest BCUT2D eigenvalue weighted by Crippen LogP contribution is -2.32. The van der Waals surface area contributed by atoms with E-state index in [-0.39, 0.29) is 18.3 Å². The molecule has 10 heteroatoms. The molecule has 2 aliphatic heterocycles. The van der Waals surface area contributed by atoms with Gasteiger partial charge in [0.1, 0.15) is 11.3 Å². The zero-order valence-electron chi connectivity index (χ0n) is 19.7. The first-order valence-electron chi connectivity index (χ1n) is 11.8. The summed E-state index contributed by atoms with van der Waals surface area (Å²) in [5, 5.41) is 2.99. The second-order valence-corrected chi connectivity index (χ2v) is 8.65. The van der Waals surface area contributed by atoms with Crippen LogP contribution in [0.1, 0.15) is 28.0 Å². The van der Waals surface area contributed by atoms with E-state index in [1.54, 1.807) is 17.1 Å². The van der Waals surface area contributed by atoms with E-state index in [0.29, 0.717) is 50.5 Å². The third kappa shape index (κ3) is 5.02. The standard InChI is InChI=1S/C25H29N5O5/c1-33-22-14-23(31)30-12-11-28(15-18-3-4-20-21(13-18)35-17-34-20)9-5-19(30)24(22)25(32)27-6-2-8-29-10-7-26-16-29/h3-4,7,10,13-14,16H,2,5-6,8-9,11-12,15,17H2,1H3,(H,27,32). The molecule has 0 radical (unpaired) electrons. The molecule has 0 bridgehead atoms. The van der Waals surface area contributed by atoms with Crippen LogP contribution < -0.4 is 25.1 Å². The van der Waals surface area contributed by atoms with Gasteiger partial charge in [-0.1, -0.05) is 6.07 Å². The second kappa shape index (κ2) is 10.2. The predicted molar refractivity (Wildman–Crippen MR) is 128 cm³/mol. The van der Waals surface area contributed by atoms with E-state index in [4.69, 9.17) is 14.2 Å². The molecule has 0 atom stereocenters. The van der Waals surface area contributed by atoms with Crippen molar-refractivity contribution in [3.8, 4) is 17.2 Å². The summed E-state index contributed by atoms with van der Waals surface area (Å²) in [5.74, 6) is 1.61. The van der Waals surface area contributed by atoms with Gasteiger partial charge in [0.2, 0.25) is 6.79 Å². The van der Waals surface area contributed by atoms with E-state index in [1.807, 2.05) is 29.0 Å². The van der Waals surface area contributed by atoms with Crippen LogP contribution in [0, 0.1) is 0 Å². The minimum atomic E-state index is -0.222. The van der Waals surface area contributed by atoms with E-state index >= 15 is 0 Å². The smallest absolute Gasteiger partial charge is 0.256 e. The lowest BCUT2D eigenvalue weighted by molar-refractivity contribution is 0.0947. The maximum absolute atomic E-state index is 13.2. The maximum Gasteiger partial charge on any atom is 0.256 e. The highest BCUT2D eigenvalue weighted by Crippen LogP contribution is 2.33. The summed E-state index contributed by atoms with van der Waals surface area (Å²) in [7, 11) is 1.49. The first kappa shape index (κ1) is 23.0. The number of hydrogen-bond acceptors (Lipinski definition) is 7. The summed E-state index contributed by atoms with van der Waals surface area (Å²) in [5.41, 5.74) is 2.12. The van der Waals surface area contributed by atoms with Gasteiger partial charge in [-0.25, -0.2) is 4.98 Å². The number of carbonyl (C=O) groups is 1. The van der Waals surface area contributed by atoms with Gasteiger partial charge in [-0.15, -0.1) is 0 Å². The van der Waals surface area contributed by atoms with E-state index in [0.717, 1.165) is 35.7 Å². The Hall–Kier alpha value is -3.79. The average molecular weight is 480 g/mol. The summed E-state index contributed by atoms with van der Waals surface area (Å²) in [6.45, 7) is 4.14. The van der Waals surface area contributed by atoms with Crippen LogP contribution in [0.4, 0.5) is 0 Å². The number of hydrogen-bond donors (Lipinski definition) is 1. The van der Waals surface area contributed by atoms with Crippen LogP contribution in [0.15, 0.2) is 47.8 Å². The Bertz CT molecular complexity index is 1250. The van der Waals surface area contributed by atoms with Gasteiger partial charge in [-0.05, 0) is 24.1 Å². The Balaban J connectivity index is 1.29. The van der Waals surface area contributed by atoms with Gasteiger partial charge in [-0.2, -0.15) is 0 Å². The summed E-state index contributed by atoms with van der Waals surface area (Å²) < 4.78 is 20.0. The molecule has 0 saturated heterocycles. The van der Waals surface area contributed by atoms with Crippen molar-refractivity contribution in [3.63, 3.8) is 0 Å². The largest absolute Gasteiger partial charge is 0.496 e. The molecule has 2 aromatic heterocycles. The van der Waals surface area contributed by atoms with Crippen molar-refractivity contribution in [2.45, 2.75) is 32.5 Å². The fraction of sp³-hybridized carbons (Fsp3) is 0.400. The van der Waals surface area contributed by atoms with Crippen LogP contribution in [0.5, 0.6) is 17.2 Å². The molecule has 0 saturated carbocycles. The molecule has 5 rings (SSSR count). The number of rotatable bonds is 8. The SMILES string of the molecule is COc1cc(=O)n2c(c1C(=O)NCCCn1ccnc1)CCN(Cc1ccc3c(c1)OCO3)CC2. The minimum Gasteiger partial charge on any atom is -0.496 e. The summed E-state index contributed by atoms with van der Waals surface area (Å²) in [6.07, 6.45) is 6.71.